The second kappa shape index (κ2) is 11.9. The van der Waals surface area contributed by atoms with Crippen molar-refractivity contribution in [3.63, 3.8) is 0 Å². The van der Waals surface area contributed by atoms with Crippen LogP contribution in [0.4, 0.5) is 15.3 Å². The molecular formula is C22H26N2O8. The summed E-state index contributed by atoms with van der Waals surface area (Å²) in [6, 6.07) is 5.04. The maximum absolute atomic E-state index is 11.8. The molecule has 0 heterocycles. The quantitative estimate of drug-likeness (QED) is 0.145. The molecular weight excluding hydrogens is 420 g/mol. The third kappa shape index (κ3) is 7.42. The summed E-state index contributed by atoms with van der Waals surface area (Å²) in [5.41, 5.74) is -0.108. The number of nitro benzene ring substituents is 1. The minimum atomic E-state index is -0.942. The van der Waals surface area contributed by atoms with E-state index in [9.17, 15) is 19.7 Å². The number of fused-ring (bicyclic) bond motifs is 1. The Labute approximate surface area is 185 Å². The molecule has 2 aliphatic rings. The largest absolute Gasteiger partial charge is 0.513 e. The van der Waals surface area contributed by atoms with Crippen molar-refractivity contribution in [2.45, 2.75) is 25.7 Å². The summed E-state index contributed by atoms with van der Waals surface area (Å²) in [5.74, 6) is 8.17. The van der Waals surface area contributed by atoms with Crippen LogP contribution in [0.1, 0.15) is 25.7 Å². The van der Waals surface area contributed by atoms with E-state index < -0.39 is 17.2 Å². The molecule has 0 aliphatic heterocycles. The Hall–Kier alpha value is -3.32. The smallest absolute Gasteiger partial charge is 0.449 e. The van der Waals surface area contributed by atoms with Crippen LogP contribution in [-0.2, 0) is 14.2 Å². The zero-order chi connectivity index (χ0) is 22.8. The van der Waals surface area contributed by atoms with E-state index in [2.05, 4.69) is 17.2 Å². The van der Waals surface area contributed by atoms with Crippen molar-refractivity contribution in [3.05, 3.63) is 34.4 Å². The highest BCUT2D eigenvalue weighted by Crippen LogP contribution is 2.52. The summed E-state index contributed by atoms with van der Waals surface area (Å²) in [4.78, 5) is 33.4. The molecule has 10 heteroatoms. The lowest BCUT2D eigenvalue weighted by Crippen LogP contribution is -2.29. The highest BCUT2D eigenvalue weighted by Gasteiger charge is 2.49. The van der Waals surface area contributed by atoms with Crippen LogP contribution in [0.15, 0.2) is 24.3 Å². The monoisotopic (exact) mass is 446 g/mol. The van der Waals surface area contributed by atoms with Crippen LogP contribution in [0.2, 0.25) is 0 Å². The number of nitrogens with zero attached hydrogens (tertiary/aromatic N) is 1. The van der Waals surface area contributed by atoms with Crippen molar-refractivity contribution in [3.8, 4) is 17.6 Å². The van der Waals surface area contributed by atoms with Gasteiger partial charge in [-0.1, -0.05) is 0 Å². The average molecular weight is 446 g/mol. The maximum atomic E-state index is 11.8. The molecule has 0 bridgehead atoms. The van der Waals surface area contributed by atoms with E-state index in [1.165, 1.54) is 24.3 Å². The Balaban J connectivity index is 1.17. The number of hydrogen-bond acceptors (Lipinski definition) is 8. The number of carbonyl (C=O) groups excluding carboxylic acids is 2. The molecule has 0 spiro atoms. The number of rotatable bonds is 10. The molecule has 3 atom stereocenters. The third-order valence-electron chi connectivity index (χ3n) is 5.46. The predicted molar refractivity (Wildman–Crippen MR) is 112 cm³/mol. The molecule has 10 nitrogen and oxygen atoms in total. The van der Waals surface area contributed by atoms with Crippen LogP contribution in [-0.4, -0.2) is 50.1 Å². The van der Waals surface area contributed by atoms with Crippen molar-refractivity contribution < 1.29 is 33.5 Å². The summed E-state index contributed by atoms with van der Waals surface area (Å²) in [5, 5.41) is 13.2. The molecule has 172 valence electrons. The van der Waals surface area contributed by atoms with Gasteiger partial charge in [0.1, 0.15) is 12.4 Å². The van der Waals surface area contributed by atoms with Crippen molar-refractivity contribution in [1.82, 2.24) is 5.32 Å². The normalized spacial score (nSPS) is 20.9. The average Bonchev–Trinajstić information content (AvgIpc) is 3.40. The topological polar surface area (TPSA) is 126 Å². The molecule has 0 radical (unpaired) electrons. The second-order valence-electron chi connectivity index (χ2n) is 7.51. The van der Waals surface area contributed by atoms with Gasteiger partial charge in [0.15, 0.2) is 0 Å². The van der Waals surface area contributed by atoms with Gasteiger partial charge in [0, 0.05) is 31.5 Å². The zero-order valence-electron chi connectivity index (χ0n) is 17.6. The molecule has 3 rings (SSSR count). The van der Waals surface area contributed by atoms with Gasteiger partial charge < -0.3 is 24.3 Å². The number of nitro groups is 1. The first-order valence-electron chi connectivity index (χ1n) is 10.6. The van der Waals surface area contributed by atoms with Gasteiger partial charge >= 0.3 is 12.2 Å². The van der Waals surface area contributed by atoms with E-state index in [1.54, 1.807) is 0 Å². The van der Waals surface area contributed by atoms with E-state index in [1.807, 2.05) is 0 Å². The lowest BCUT2D eigenvalue weighted by molar-refractivity contribution is -0.384. The van der Waals surface area contributed by atoms with Gasteiger partial charge in [-0.3, -0.25) is 10.1 Å². The Kier molecular flexibility index (Phi) is 8.69. The summed E-state index contributed by atoms with van der Waals surface area (Å²) in [7, 11) is 0. The fraction of sp³-hybridized carbons (Fsp3) is 0.545. The van der Waals surface area contributed by atoms with E-state index in [4.69, 9.17) is 18.9 Å². The molecule has 0 saturated heterocycles. The Morgan fingerprint density at radius 1 is 1.03 bits per heavy atom. The molecule has 1 saturated carbocycles. The van der Waals surface area contributed by atoms with Crippen LogP contribution < -0.4 is 10.1 Å². The minimum absolute atomic E-state index is 0.0373. The number of benzene rings is 1. The fourth-order valence-electron chi connectivity index (χ4n) is 3.78. The first kappa shape index (κ1) is 23.3. The van der Waals surface area contributed by atoms with Crippen LogP contribution >= 0.6 is 0 Å². The van der Waals surface area contributed by atoms with Gasteiger partial charge in [0.05, 0.1) is 24.7 Å². The summed E-state index contributed by atoms with van der Waals surface area (Å²) < 4.78 is 20.3. The molecule has 0 aromatic heterocycles. The lowest BCUT2D eigenvalue weighted by Gasteiger charge is -2.08. The molecule has 1 fully saturated rings. The lowest BCUT2D eigenvalue weighted by atomic mass is 10.1. The maximum Gasteiger partial charge on any atom is 0.513 e. The van der Waals surface area contributed by atoms with Gasteiger partial charge in [-0.15, -0.1) is 11.8 Å². The Bertz CT molecular complexity index is 843. The van der Waals surface area contributed by atoms with E-state index in [-0.39, 0.29) is 37.8 Å². The zero-order valence-corrected chi connectivity index (χ0v) is 17.6. The minimum Gasteiger partial charge on any atom is -0.449 e. The number of amides is 1. The summed E-state index contributed by atoms with van der Waals surface area (Å²) in [6.07, 6.45) is 2.63. The second-order valence-corrected chi connectivity index (χ2v) is 7.51. The number of hydrogen-bond donors (Lipinski definition) is 1. The fourth-order valence-corrected chi connectivity index (χ4v) is 3.78. The molecule has 1 aromatic carbocycles. The molecule has 1 N–H and O–H groups in total. The highest BCUT2D eigenvalue weighted by molar-refractivity contribution is 5.67. The molecule has 1 amide bonds. The summed E-state index contributed by atoms with van der Waals surface area (Å²) in [6.45, 7) is 1.04. The molecule has 32 heavy (non-hydrogen) atoms. The van der Waals surface area contributed by atoms with Gasteiger partial charge in [0.2, 0.25) is 0 Å². The number of non-ortho nitro benzene ring substituents is 1. The third-order valence-corrected chi connectivity index (χ3v) is 5.46. The van der Waals surface area contributed by atoms with Gasteiger partial charge in [0.25, 0.3) is 5.69 Å². The highest BCUT2D eigenvalue weighted by atomic mass is 16.7. The van der Waals surface area contributed by atoms with Crippen molar-refractivity contribution in [2.75, 3.05) is 33.0 Å². The molecule has 2 aliphatic carbocycles. The van der Waals surface area contributed by atoms with Crippen LogP contribution in [0.3, 0.4) is 0 Å². The van der Waals surface area contributed by atoms with Crippen molar-refractivity contribution in [2.24, 2.45) is 17.8 Å². The standard InChI is InChI=1S/C22H26N2O8/c25-21(31-15-20-18-5-3-1-2-4-6-19(18)20)23-11-12-29-13-14-30-22(26)32-17-9-7-16(8-10-17)24(27)28/h7-10,18-20H,3-6,11-15H2,(H,23,25)/t18-,19+,20-. The Morgan fingerprint density at radius 2 is 1.72 bits per heavy atom. The van der Waals surface area contributed by atoms with E-state index in [0.717, 1.165) is 25.7 Å². The number of ether oxygens (including phenoxy) is 4. The van der Waals surface area contributed by atoms with E-state index >= 15 is 0 Å². The van der Waals surface area contributed by atoms with Crippen LogP contribution in [0.25, 0.3) is 0 Å². The van der Waals surface area contributed by atoms with Crippen molar-refractivity contribution >= 4 is 17.9 Å². The number of alkyl carbamates (subject to hydrolysis) is 1. The summed E-state index contributed by atoms with van der Waals surface area (Å²) >= 11 is 0. The van der Waals surface area contributed by atoms with Crippen molar-refractivity contribution in [1.29, 1.82) is 0 Å². The SMILES string of the molecule is O=C(NCCOCCOC(=O)Oc1ccc([N+](=O)[O-])cc1)OC[C@@H]1[C@@H]2CCC#CCC[C@@H]21. The number of nitrogens with one attached hydrogen (secondary N) is 1. The number of carbonyl (C=O) groups is 2. The predicted octanol–water partition coefficient (Wildman–Crippen LogP) is 3.29. The molecule has 1 aromatic rings. The molecule has 0 unspecified atom stereocenters. The Morgan fingerprint density at radius 3 is 2.38 bits per heavy atom. The van der Waals surface area contributed by atoms with Gasteiger partial charge in [-0.05, 0) is 42.7 Å². The first-order valence-corrected chi connectivity index (χ1v) is 10.6. The van der Waals surface area contributed by atoms with Gasteiger partial charge in [-0.25, -0.2) is 9.59 Å². The van der Waals surface area contributed by atoms with Crippen LogP contribution in [0, 0.1) is 39.7 Å². The first-order chi connectivity index (χ1) is 15.5. The van der Waals surface area contributed by atoms with Gasteiger partial charge in [-0.2, -0.15) is 0 Å². The van der Waals surface area contributed by atoms with Crippen LogP contribution in [0.5, 0.6) is 5.75 Å². The van der Waals surface area contributed by atoms with E-state index in [0.29, 0.717) is 24.4 Å².